The lowest BCUT2D eigenvalue weighted by Crippen LogP contribution is -2.31. The summed E-state index contributed by atoms with van der Waals surface area (Å²) in [4.78, 5) is 11.4. The first-order chi connectivity index (χ1) is 9.58. The number of aromatic hydroxyl groups is 1. The lowest BCUT2D eigenvalue weighted by Gasteiger charge is -2.13. The number of phenols is 1. The third-order valence-corrected chi connectivity index (χ3v) is 3.00. The molecule has 0 fully saturated rings. The smallest absolute Gasteiger partial charge is 0.340 e. The maximum atomic E-state index is 11.4. The van der Waals surface area contributed by atoms with Crippen LogP contribution in [0.3, 0.4) is 0 Å². The SMILES string of the molecule is NC(=O)N(/N=C/c1cc(Br)ccc1O)c1ccccc1. The molecule has 2 aromatic rings. The second kappa shape index (κ2) is 6.21. The fourth-order valence-corrected chi connectivity index (χ4v) is 1.95. The monoisotopic (exact) mass is 333 g/mol. The van der Waals surface area contributed by atoms with E-state index in [4.69, 9.17) is 5.73 Å². The Kier molecular flexibility index (Phi) is 4.37. The lowest BCUT2D eigenvalue weighted by molar-refractivity contribution is 0.254. The molecule has 0 unspecified atom stereocenters. The van der Waals surface area contributed by atoms with Crippen molar-refractivity contribution in [2.75, 3.05) is 5.01 Å². The number of para-hydroxylation sites is 1. The summed E-state index contributed by atoms with van der Waals surface area (Å²) in [5, 5.41) is 14.8. The summed E-state index contributed by atoms with van der Waals surface area (Å²) in [6.07, 6.45) is 1.37. The van der Waals surface area contributed by atoms with Gasteiger partial charge in [-0.2, -0.15) is 10.1 Å². The van der Waals surface area contributed by atoms with Gasteiger partial charge in [-0.1, -0.05) is 34.1 Å². The number of halogens is 1. The molecule has 102 valence electrons. The predicted octanol–water partition coefficient (Wildman–Crippen LogP) is 3.07. The summed E-state index contributed by atoms with van der Waals surface area (Å²) in [5.74, 6) is 0.0643. The minimum atomic E-state index is -0.707. The second-order valence-electron chi connectivity index (χ2n) is 3.93. The van der Waals surface area contributed by atoms with Gasteiger partial charge in [-0.3, -0.25) is 0 Å². The maximum Gasteiger partial charge on any atom is 0.340 e. The number of urea groups is 1. The molecule has 6 heteroatoms. The van der Waals surface area contributed by atoms with Crippen molar-refractivity contribution in [2.45, 2.75) is 0 Å². The quantitative estimate of drug-likeness (QED) is 0.668. The Morgan fingerprint density at radius 2 is 1.95 bits per heavy atom. The van der Waals surface area contributed by atoms with Crippen LogP contribution in [0.5, 0.6) is 5.75 Å². The fraction of sp³-hybridized carbons (Fsp3) is 0. The molecule has 2 amide bonds. The van der Waals surface area contributed by atoms with Crippen LogP contribution in [-0.4, -0.2) is 17.4 Å². The summed E-state index contributed by atoms with van der Waals surface area (Å²) in [6.45, 7) is 0. The molecule has 2 aromatic carbocycles. The lowest BCUT2D eigenvalue weighted by atomic mass is 10.2. The van der Waals surface area contributed by atoms with E-state index in [2.05, 4.69) is 21.0 Å². The molecule has 0 saturated carbocycles. The number of primary amides is 1. The molecule has 3 N–H and O–H groups in total. The van der Waals surface area contributed by atoms with Crippen molar-refractivity contribution in [3.05, 3.63) is 58.6 Å². The van der Waals surface area contributed by atoms with Crippen molar-refractivity contribution in [2.24, 2.45) is 10.8 Å². The van der Waals surface area contributed by atoms with Gasteiger partial charge in [0.05, 0.1) is 11.9 Å². The van der Waals surface area contributed by atoms with E-state index in [9.17, 15) is 9.90 Å². The molecule has 0 saturated heterocycles. The number of carbonyl (C=O) groups is 1. The second-order valence-corrected chi connectivity index (χ2v) is 4.85. The largest absolute Gasteiger partial charge is 0.507 e. The van der Waals surface area contributed by atoms with Crippen LogP contribution in [0, 0.1) is 0 Å². The van der Waals surface area contributed by atoms with E-state index in [1.54, 1.807) is 36.4 Å². The molecule has 0 atom stereocenters. The highest BCUT2D eigenvalue weighted by Crippen LogP contribution is 2.21. The molecule has 2 rings (SSSR count). The van der Waals surface area contributed by atoms with Gasteiger partial charge in [0.2, 0.25) is 0 Å². The number of phenolic OH excluding ortho intramolecular Hbond substituents is 1. The van der Waals surface area contributed by atoms with E-state index in [1.807, 2.05) is 6.07 Å². The van der Waals surface area contributed by atoms with Crippen LogP contribution in [0.15, 0.2) is 58.1 Å². The number of hydrogen-bond donors (Lipinski definition) is 2. The van der Waals surface area contributed by atoms with E-state index < -0.39 is 6.03 Å². The third-order valence-electron chi connectivity index (χ3n) is 2.51. The Morgan fingerprint density at radius 3 is 2.60 bits per heavy atom. The molecule has 20 heavy (non-hydrogen) atoms. The molecule has 0 aliphatic heterocycles. The van der Waals surface area contributed by atoms with Crippen molar-refractivity contribution in [1.29, 1.82) is 0 Å². The number of nitrogens with two attached hydrogens (primary N) is 1. The van der Waals surface area contributed by atoms with E-state index in [-0.39, 0.29) is 5.75 Å². The molecular weight excluding hydrogens is 322 g/mol. The average Bonchev–Trinajstić information content (AvgIpc) is 2.43. The first-order valence-corrected chi connectivity index (χ1v) is 6.54. The van der Waals surface area contributed by atoms with Crippen molar-refractivity contribution in [3.8, 4) is 5.75 Å². The summed E-state index contributed by atoms with van der Waals surface area (Å²) in [6, 6.07) is 13.0. The van der Waals surface area contributed by atoms with Crippen LogP contribution in [0.1, 0.15) is 5.56 Å². The number of benzene rings is 2. The Bertz CT molecular complexity index is 644. The fourth-order valence-electron chi connectivity index (χ4n) is 1.57. The van der Waals surface area contributed by atoms with Crippen LogP contribution >= 0.6 is 15.9 Å². The molecule has 0 bridgehead atoms. The number of nitrogens with zero attached hydrogens (tertiary/aromatic N) is 2. The minimum Gasteiger partial charge on any atom is -0.507 e. The summed E-state index contributed by atoms with van der Waals surface area (Å²) in [7, 11) is 0. The van der Waals surface area contributed by atoms with Crippen LogP contribution in [0.2, 0.25) is 0 Å². The minimum absolute atomic E-state index is 0.0643. The summed E-state index contributed by atoms with van der Waals surface area (Å²) in [5.41, 5.74) is 6.32. The molecule has 0 aromatic heterocycles. The predicted molar refractivity (Wildman–Crippen MR) is 81.9 cm³/mol. The van der Waals surface area contributed by atoms with Crippen molar-refractivity contribution >= 4 is 33.9 Å². The molecule has 0 aliphatic rings. The van der Waals surface area contributed by atoms with Crippen LogP contribution in [0.4, 0.5) is 10.5 Å². The van der Waals surface area contributed by atoms with Crippen molar-refractivity contribution < 1.29 is 9.90 Å². The van der Waals surface area contributed by atoms with Gasteiger partial charge in [-0.25, -0.2) is 4.79 Å². The number of carbonyl (C=O) groups excluding carboxylic acids is 1. The number of hydrogen-bond acceptors (Lipinski definition) is 3. The molecule has 5 nitrogen and oxygen atoms in total. The van der Waals surface area contributed by atoms with E-state index >= 15 is 0 Å². The van der Waals surface area contributed by atoms with Crippen LogP contribution < -0.4 is 10.7 Å². The number of anilines is 1. The van der Waals surface area contributed by atoms with Crippen LogP contribution in [0.25, 0.3) is 0 Å². The molecule has 0 spiro atoms. The highest BCUT2D eigenvalue weighted by Gasteiger charge is 2.10. The molecule has 0 heterocycles. The van der Waals surface area contributed by atoms with Gasteiger partial charge in [0, 0.05) is 10.0 Å². The van der Waals surface area contributed by atoms with Gasteiger partial charge < -0.3 is 10.8 Å². The first-order valence-electron chi connectivity index (χ1n) is 5.75. The van der Waals surface area contributed by atoms with Gasteiger partial charge in [0.25, 0.3) is 0 Å². The topological polar surface area (TPSA) is 78.9 Å². The third kappa shape index (κ3) is 3.36. The molecular formula is C14H12BrN3O2. The van der Waals surface area contributed by atoms with E-state index in [1.165, 1.54) is 12.3 Å². The first kappa shape index (κ1) is 14.1. The highest BCUT2D eigenvalue weighted by atomic mass is 79.9. The number of amides is 2. The number of rotatable bonds is 3. The standard InChI is InChI=1S/C14H12BrN3O2/c15-11-6-7-13(19)10(8-11)9-17-18(14(16)20)12-4-2-1-3-5-12/h1-9,19H,(H2,16,20)/b17-9+. The summed E-state index contributed by atoms with van der Waals surface area (Å²) >= 11 is 3.30. The Morgan fingerprint density at radius 1 is 1.25 bits per heavy atom. The Labute approximate surface area is 124 Å². The zero-order valence-corrected chi connectivity index (χ0v) is 12.0. The highest BCUT2D eigenvalue weighted by molar-refractivity contribution is 9.10. The maximum absolute atomic E-state index is 11.4. The Balaban J connectivity index is 2.31. The van der Waals surface area contributed by atoms with Gasteiger partial charge in [-0.15, -0.1) is 0 Å². The number of hydrazone groups is 1. The van der Waals surface area contributed by atoms with Gasteiger partial charge in [-0.05, 0) is 30.3 Å². The summed E-state index contributed by atoms with van der Waals surface area (Å²) < 4.78 is 0.794. The van der Waals surface area contributed by atoms with Crippen molar-refractivity contribution in [3.63, 3.8) is 0 Å². The van der Waals surface area contributed by atoms with E-state index in [0.717, 1.165) is 9.48 Å². The zero-order chi connectivity index (χ0) is 14.5. The zero-order valence-electron chi connectivity index (χ0n) is 10.4. The Hall–Kier alpha value is -2.34. The van der Waals surface area contributed by atoms with E-state index in [0.29, 0.717) is 11.3 Å². The van der Waals surface area contributed by atoms with Gasteiger partial charge in [0.1, 0.15) is 5.75 Å². The average molecular weight is 334 g/mol. The normalized spacial score (nSPS) is 10.7. The van der Waals surface area contributed by atoms with Crippen molar-refractivity contribution in [1.82, 2.24) is 0 Å². The van der Waals surface area contributed by atoms with Gasteiger partial charge >= 0.3 is 6.03 Å². The molecule has 0 aliphatic carbocycles. The van der Waals surface area contributed by atoms with Crippen LogP contribution in [-0.2, 0) is 0 Å². The molecule has 0 radical (unpaired) electrons. The van der Waals surface area contributed by atoms with Gasteiger partial charge in [0.15, 0.2) is 0 Å².